The Morgan fingerprint density at radius 3 is 1.92 bits per heavy atom. The molecule has 0 atom stereocenters. The predicted molar refractivity (Wildman–Crippen MR) is 160 cm³/mol. The minimum Gasteiger partial charge on any atom is -0.505 e. The first-order valence-electron chi connectivity index (χ1n) is 13.2. The fraction of sp³-hybridized carbons (Fsp3) is 0.111. The van der Waals surface area contributed by atoms with E-state index in [9.17, 15) is 5.11 Å². The lowest BCUT2D eigenvalue weighted by atomic mass is 9.91. The van der Waals surface area contributed by atoms with Crippen molar-refractivity contribution in [3.8, 4) is 22.6 Å². The van der Waals surface area contributed by atoms with Gasteiger partial charge in [0.1, 0.15) is 5.75 Å². The van der Waals surface area contributed by atoms with Crippen molar-refractivity contribution < 1.29 is 5.11 Å². The zero-order valence-electron chi connectivity index (χ0n) is 21.9. The lowest BCUT2D eigenvalue weighted by molar-refractivity contribution is 0.475. The number of para-hydroxylation sites is 2. The van der Waals surface area contributed by atoms with Crippen LogP contribution in [0, 0.1) is 20.8 Å². The van der Waals surface area contributed by atoms with Crippen molar-refractivity contribution in [2.45, 2.75) is 27.2 Å². The van der Waals surface area contributed by atoms with Crippen LogP contribution in [0.4, 0.5) is 0 Å². The van der Waals surface area contributed by atoms with Crippen LogP contribution in [-0.2, 0) is 6.42 Å². The van der Waals surface area contributed by atoms with Crippen LogP contribution in [0.5, 0.6) is 5.75 Å². The summed E-state index contributed by atoms with van der Waals surface area (Å²) in [5.41, 5.74) is 13.9. The molecule has 184 valence electrons. The van der Waals surface area contributed by atoms with E-state index in [1.54, 1.807) is 0 Å². The average molecular weight is 492 g/mol. The highest BCUT2D eigenvalue weighted by Gasteiger charge is 2.23. The molecule has 0 radical (unpaired) electrons. The van der Waals surface area contributed by atoms with E-state index in [1.807, 2.05) is 0 Å². The topological polar surface area (TPSA) is 25.2 Å². The number of fused-ring (bicyclic) bond motifs is 4. The standard InChI is InChI=1S/C36H29NO/c1-22-18-32(27-11-5-4-10-26(27)25-20-30-23(2)16-17-24(3)31(30)21-25)36(38)35(19-22)37-33-14-8-6-12-28(33)29-13-7-9-15-34(29)37/h4-20,38H,21H2,1-3H3. The first-order chi connectivity index (χ1) is 18.5. The number of hydrogen-bond acceptors (Lipinski definition) is 1. The molecule has 0 amide bonds. The molecule has 0 bridgehead atoms. The molecular formula is C36H29NO. The fourth-order valence-electron chi connectivity index (χ4n) is 6.23. The molecule has 1 aliphatic rings. The van der Waals surface area contributed by atoms with Crippen LogP contribution in [0.1, 0.15) is 33.4 Å². The number of hydrogen-bond donors (Lipinski definition) is 1. The van der Waals surface area contributed by atoms with Gasteiger partial charge in [-0.15, -0.1) is 0 Å². The molecule has 0 fully saturated rings. The van der Waals surface area contributed by atoms with Crippen LogP contribution in [0.2, 0.25) is 0 Å². The predicted octanol–water partition coefficient (Wildman–Crippen LogP) is 9.18. The largest absolute Gasteiger partial charge is 0.505 e. The highest BCUT2D eigenvalue weighted by atomic mass is 16.3. The van der Waals surface area contributed by atoms with Gasteiger partial charge in [-0.3, -0.25) is 0 Å². The van der Waals surface area contributed by atoms with Gasteiger partial charge in [0.05, 0.1) is 16.7 Å². The van der Waals surface area contributed by atoms with Gasteiger partial charge in [-0.1, -0.05) is 78.9 Å². The normalized spacial score (nSPS) is 12.8. The van der Waals surface area contributed by atoms with Crippen molar-refractivity contribution in [1.29, 1.82) is 0 Å². The Morgan fingerprint density at radius 2 is 1.24 bits per heavy atom. The first kappa shape index (κ1) is 22.6. The number of rotatable bonds is 3. The Hall–Kier alpha value is -4.56. The SMILES string of the molecule is Cc1cc(-c2ccccc2C2=Cc3c(C)ccc(C)c3C2)c(O)c(-n2c3ccccc3c3ccccc32)c1. The second-order valence-electron chi connectivity index (χ2n) is 10.5. The Kier molecular flexibility index (Phi) is 5.06. The van der Waals surface area contributed by atoms with E-state index in [2.05, 4.69) is 128 Å². The van der Waals surface area contributed by atoms with Crippen molar-refractivity contribution in [3.05, 3.63) is 130 Å². The summed E-state index contributed by atoms with van der Waals surface area (Å²) in [6.45, 7) is 6.50. The quantitative estimate of drug-likeness (QED) is 0.262. The maximum atomic E-state index is 11.9. The number of aromatic hydroxyl groups is 1. The summed E-state index contributed by atoms with van der Waals surface area (Å²) in [7, 11) is 0. The molecule has 38 heavy (non-hydrogen) atoms. The van der Waals surface area contributed by atoms with Gasteiger partial charge in [0.15, 0.2) is 0 Å². The van der Waals surface area contributed by atoms with E-state index in [0.29, 0.717) is 5.75 Å². The lowest BCUT2D eigenvalue weighted by Gasteiger charge is -2.17. The zero-order chi connectivity index (χ0) is 26.0. The Labute approximate surface area is 223 Å². The molecule has 1 aromatic heterocycles. The number of allylic oxidation sites excluding steroid dienone is 1. The highest BCUT2D eigenvalue weighted by Crippen LogP contribution is 2.44. The molecule has 0 saturated heterocycles. The van der Waals surface area contributed by atoms with Gasteiger partial charge in [0.25, 0.3) is 0 Å². The maximum absolute atomic E-state index is 11.9. The molecule has 7 rings (SSSR count). The maximum Gasteiger partial charge on any atom is 0.147 e. The number of aromatic nitrogens is 1. The average Bonchev–Trinajstić information content (AvgIpc) is 3.53. The van der Waals surface area contributed by atoms with Crippen molar-refractivity contribution in [2.24, 2.45) is 0 Å². The minimum atomic E-state index is 0.304. The summed E-state index contributed by atoms with van der Waals surface area (Å²) in [5.74, 6) is 0.304. The first-order valence-corrected chi connectivity index (χ1v) is 13.2. The van der Waals surface area contributed by atoms with Crippen molar-refractivity contribution in [3.63, 3.8) is 0 Å². The molecule has 0 saturated carbocycles. The van der Waals surface area contributed by atoms with E-state index in [0.717, 1.165) is 39.8 Å². The molecular weight excluding hydrogens is 462 g/mol. The summed E-state index contributed by atoms with van der Waals surface area (Å²) < 4.78 is 2.20. The molecule has 6 aromatic rings. The number of nitrogens with zero attached hydrogens (tertiary/aromatic N) is 1. The third-order valence-electron chi connectivity index (χ3n) is 8.11. The summed E-state index contributed by atoms with van der Waals surface area (Å²) in [6.07, 6.45) is 3.25. The molecule has 5 aromatic carbocycles. The number of phenolic OH excluding ortho intramolecular Hbond substituents is 1. The zero-order valence-corrected chi connectivity index (χ0v) is 21.9. The van der Waals surface area contributed by atoms with Crippen LogP contribution >= 0.6 is 0 Å². The third-order valence-corrected chi connectivity index (χ3v) is 8.11. The molecule has 0 aliphatic heterocycles. The molecule has 0 unspecified atom stereocenters. The van der Waals surface area contributed by atoms with E-state index in [4.69, 9.17) is 0 Å². The van der Waals surface area contributed by atoms with Gasteiger partial charge in [-0.25, -0.2) is 0 Å². The Balaban J connectivity index is 1.45. The van der Waals surface area contributed by atoms with Gasteiger partial charge in [0.2, 0.25) is 0 Å². The summed E-state index contributed by atoms with van der Waals surface area (Å²) >= 11 is 0. The van der Waals surface area contributed by atoms with E-state index in [1.165, 1.54) is 44.2 Å². The highest BCUT2D eigenvalue weighted by molar-refractivity contribution is 6.09. The van der Waals surface area contributed by atoms with Gasteiger partial charge < -0.3 is 9.67 Å². The van der Waals surface area contributed by atoms with Crippen LogP contribution in [0.15, 0.2) is 97.1 Å². The van der Waals surface area contributed by atoms with Crippen LogP contribution in [0.25, 0.3) is 50.3 Å². The molecule has 1 N–H and O–H groups in total. The van der Waals surface area contributed by atoms with Gasteiger partial charge in [0, 0.05) is 16.3 Å². The minimum absolute atomic E-state index is 0.304. The second kappa shape index (κ2) is 8.49. The number of aryl methyl sites for hydroxylation is 3. The molecule has 2 heteroatoms. The summed E-state index contributed by atoms with van der Waals surface area (Å²) in [4.78, 5) is 0. The Morgan fingerprint density at radius 1 is 0.632 bits per heavy atom. The molecule has 0 spiro atoms. The van der Waals surface area contributed by atoms with Gasteiger partial charge >= 0.3 is 0 Å². The van der Waals surface area contributed by atoms with Crippen molar-refractivity contribution >= 4 is 33.5 Å². The van der Waals surface area contributed by atoms with E-state index in [-0.39, 0.29) is 0 Å². The fourth-order valence-corrected chi connectivity index (χ4v) is 6.23. The van der Waals surface area contributed by atoms with Crippen molar-refractivity contribution in [1.82, 2.24) is 4.57 Å². The molecule has 1 heterocycles. The van der Waals surface area contributed by atoms with E-state index >= 15 is 0 Å². The lowest BCUT2D eigenvalue weighted by Crippen LogP contribution is -1.98. The number of phenols is 1. The van der Waals surface area contributed by atoms with Gasteiger partial charge in [-0.2, -0.15) is 0 Å². The van der Waals surface area contributed by atoms with Gasteiger partial charge in [-0.05, 0) is 96.0 Å². The smallest absolute Gasteiger partial charge is 0.147 e. The Bertz CT molecular complexity index is 1880. The monoisotopic (exact) mass is 491 g/mol. The van der Waals surface area contributed by atoms with Crippen LogP contribution < -0.4 is 0 Å². The third kappa shape index (κ3) is 3.34. The summed E-state index contributed by atoms with van der Waals surface area (Å²) in [5, 5.41) is 14.3. The van der Waals surface area contributed by atoms with Crippen LogP contribution in [-0.4, -0.2) is 9.67 Å². The molecule has 2 nitrogen and oxygen atoms in total. The molecule has 1 aliphatic carbocycles. The van der Waals surface area contributed by atoms with Crippen molar-refractivity contribution in [2.75, 3.05) is 0 Å². The number of benzene rings is 5. The summed E-state index contributed by atoms with van der Waals surface area (Å²) in [6, 6.07) is 34.0. The van der Waals surface area contributed by atoms with Crippen LogP contribution in [0.3, 0.4) is 0 Å². The second-order valence-corrected chi connectivity index (χ2v) is 10.5. The van der Waals surface area contributed by atoms with E-state index < -0.39 is 0 Å².